The van der Waals surface area contributed by atoms with Crippen molar-refractivity contribution in [1.82, 2.24) is 14.1 Å². The van der Waals surface area contributed by atoms with Crippen molar-refractivity contribution in [3.63, 3.8) is 0 Å². The van der Waals surface area contributed by atoms with Gasteiger partial charge in [-0.2, -0.15) is 0 Å². The quantitative estimate of drug-likeness (QED) is 0.120. The lowest BCUT2D eigenvalue weighted by Crippen LogP contribution is -2.29. The molecular weight excluding hydrogens is 697 g/mol. The van der Waals surface area contributed by atoms with E-state index in [4.69, 9.17) is 9.72 Å². The number of pyridine rings is 1. The zero-order valence-electron chi connectivity index (χ0n) is 33.4. The minimum Gasteiger partial charge on any atom is -0.458 e. The molecule has 0 bridgehead atoms. The third kappa shape index (κ3) is 6.91. The number of rotatable bonds is 7. The first kappa shape index (κ1) is 35.9. The summed E-state index contributed by atoms with van der Waals surface area (Å²) in [5, 5.41) is 2.34. The molecule has 280 valence electrons. The van der Waals surface area contributed by atoms with E-state index in [9.17, 15) is 0 Å². The first-order valence-corrected chi connectivity index (χ1v) is 19.6. The van der Waals surface area contributed by atoms with Crippen molar-refractivity contribution in [2.75, 3.05) is 0 Å². The Morgan fingerprint density at radius 1 is 0.561 bits per heavy atom. The summed E-state index contributed by atoms with van der Waals surface area (Å²) in [4.78, 5) is 4.86. The molecule has 0 saturated carbocycles. The molecule has 0 spiro atoms. The number of aromatic nitrogens is 4. The van der Waals surface area contributed by atoms with Gasteiger partial charge < -0.3 is 4.74 Å². The highest BCUT2D eigenvalue weighted by Crippen LogP contribution is 2.37. The van der Waals surface area contributed by atoms with E-state index in [0.717, 1.165) is 67.5 Å². The molecule has 0 saturated heterocycles. The summed E-state index contributed by atoms with van der Waals surface area (Å²) in [5.41, 5.74) is 11.0. The fourth-order valence-corrected chi connectivity index (χ4v) is 7.71. The van der Waals surface area contributed by atoms with Gasteiger partial charge in [0, 0.05) is 29.2 Å². The third-order valence-corrected chi connectivity index (χ3v) is 10.7. The maximum absolute atomic E-state index is 6.70. The molecule has 0 aliphatic carbocycles. The van der Waals surface area contributed by atoms with Gasteiger partial charge in [-0.25, -0.2) is 4.98 Å². The van der Waals surface area contributed by atoms with Crippen molar-refractivity contribution >= 4 is 21.8 Å². The summed E-state index contributed by atoms with van der Waals surface area (Å²) in [7, 11) is 0. The number of fused-ring (bicyclic) bond motifs is 3. The summed E-state index contributed by atoms with van der Waals surface area (Å²) in [6.45, 7) is 13.4. The molecule has 0 N–H and O–H groups in total. The Morgan fingerprint density at radius 2 is 1.26 bits per heavy atom. The van der Waals surface area contributed by atoms with Gasteiger partial charge in [-0.3, -0.25) is 13.7 Å². The molecule has 0 amide bonds. The van der Waals surface area contributed by atoms with Crippen LogP contribution >= 0.6 is 0 Å². The van der Waals surface area contributed by atoms with Crippen molar-refractivity contribution in [2.45, 2.75) is 52.4 Å². The predicted octanol–water partition coefficient (Wildman–Crippen LogP) is 12.8. The predicted molar refractivity (Wildman–Crippen MR) is 233 cm³/mol. The largest absolute Gasteiger partial charge is 0.458 e. The van der Waals surface area contributed by atoms with E-state index in [0.29, 0.717) is 0 Å². The molecule has 0 unspecified atom stereocenters. The van der Waals surface area contributed by atoms with Gasteiger partial charge >= 0.3 is 0 Å². The topological polar surface area (TPSA) is 35.9 Å². The minimum absolute atomic E-state index is 0.00457. The number of imidazole rings is 1. The third-order valence-electron chi connectivity index (χ3n) is 10.7. The number of hydrogen-bond acceptors (Lipinski definition) is 2. The van der Waals surface area contributed by atoms with Crippen molar-refractivity contribution < 1.29 is 9.30 Å². The number of hydrogen-bond donors (Lipinski definition) is 0. The van der Waals surface area contributed by atoms with Gasteiger partial charge in [-0.15, -0.1) is 0 Å². The minimum atomic E-state index is -0.181. The standard InChI is InChI=1S/C52H46N4O/c1-51(2,3)39-28-29-53-50(31-39)56-46-23-14-13-22-44(46)45-27-25-42(33-48(45)56)57-41-21-15-20-40(32-41)55-35-54(34-49(55)52(4,5)6)47-30-38(36-16-9-7-10-17-36)24-26-43(47)37-18-11-8-12-19-37/h7-34H,1-6H3. The van der Waals surface area contributed by atoms with Gasteiger partial charge in [0.1, 0.15) is 17.3 Å². The normalized spacial score (nSPS) is 12.0. The summed E-state index contributed by atoms with van der Waals surface area (Å²) in [5.74, 6) is 2.39. The van der Waals surface area contributed by atoms with E-state index < -0.39 is 0 Å². The van der Waals surface area contributed by atoms with Gasteiger partial charge in [0.25, 0.3) is 6.33 Å². The summed E-state index contributed by atoms with van der Waals surface area (Å²) in [6.07, 6.45) is 7.89. The second-order valence-corrected chi connectivity index (χ2v) is 16.8. The summed E-state index contributed by atoms with van der Waals surface area (Å²) >= 11 is 0. The highest BCUT2D eigenvalue weighted by Gasteiger charge is 2.24. The van der Waals surface area contributed by atoms with Gasteiger partial charge in [0.05, 0.1) is 28.1 Å². The Bertz CT molecular complexity index is 2890. The highest BCUT2D eigenvalue weighted by atomic mass is 16.5. The van der Waals surface area contributed by atoms with Gasteiger partial charge in [-0.05, 0) is 93.2 Å². The smallest absolute Gasteiger partial charge is 0.269 e. The highest BCUT2D eigenvalue weighted by molar-refractivity contribution is 6.09. The van der Waals surface area contributed by atoms with E-state index in [1.807, 2.05) is 12.3 Å². The lowest BCUT2D eigenvalue weighted by Gasteiger charge is -2.21. The Hall–Kier alpha value is -6.72. The lowest BCUT2D eigenvalue weighted by molar-refractivity contribution is -0.598. The molecule has 0 aliphatic rings. The summed E-state index contributed by atoms with van der Waals surface area (Å²) in [6, 6.07) is 55.3. The molecule has 0 radical (unpaired) electrons. The molecule has 9 aromatic rings. The van der Waals surface area contributed by atoms with Crippen LogP contribution in [0.5, 0.6) is 11.5 Å². The molecule has 5 heteroatoms. The maximum atomic E-state index is 6.70. The lowest BCUT2D eigenvalue weighted by atomic mass is 9.88. The fourth-order valence-electron chi connectivity index (χ4n) is 7.71. The molecule has 57 heavy (non-hydrogen) atoms. The van der Waals surface area contributed by atoms with Crippen molar-refractivity contribution in [3.8, 4) is 50.9 Å². The average molecular weight is 743 g/mol. The maximum Gasteiger partial charge on any atom is 0.269 e. The zero-order valence-corrected chi connectivity index (χ0v) is 33.4. The molecular formula is C52H46N4O. The van der Waals surface area contributed by atoms with Crippen molar-refractivity contribution in [1.29, 1.82) is 0 Å². The Morgan fingerprint density at radius 3 is 2.02 bits per heavy atom. The van der Waals surface area contributed by atoms with E-state index in [1.54, 1.807) is 0 Å². The molecule has 0 fully saturated rings. The Balaban J connectivity index is 1.13. The van der Waals surface area contributed by atoms with Crippen LogP contribution in [-0.4, -0.2) is 14.1 Å². The van der Waals surface area contributed by atoms with Crippen molar-refractivity contribution in [2.24, 2.45) is 0 Å². The molecule has 9 rings (SSSR count). The van der Waals surface area contributed by atoms with Crippen LogP contribution in [0.15, 0.2) is 170 Å². The fraction of sp³-hybridized carbons (Fsp3) is 0.154. The molecule has 5 nitrogen and oxygen atoms in total. The van der Waals surface area contributed by atoms with Crippen molar-refractivity contribution in [3.05, 3.63) is 188 Å². The Kier molecular flexibility index (Phi) is 8.89. The van der Waals surface area contributed by atoms with E-state index in [1.165, 1.54) is 16.5 Å². The number of ether oxygens (including phenoxy) is 1. The van der Waals surface area contributed by atoms with Crippen LogP contribution in [0, 0.1) is 6.33 Å². The van der Waals surface area contributed by atoms with Gasteiger partial charge in [0.15, 0.2) is 0 Å². The first-order valence-electron chi connectivity index (χ1n) is 19.6. The van der Waals surface area contributed by atoms with E-state index in [2.05, 4.69) is 219 Å². The molecule has 3 heterocycles. The molecule has 3 aromatic heterocycles. The van der Waals surface area contributed by atoms with Gasteiger partial charge in [0.2, 0.25) is 0 Å². The summed E-state index contributed by atoms with van der Waals surface area (Å²) < 4.78 is 13.3. The van der Waals surface area contributed by atoms with Gasteiger partial charge in [-0.1, -0.05) is 139 Å². The Labute approximate surface area is 335 Å². The van der Waals surface area contributed by atoms with E-state index in [-0.39, 0.29) is 10.8 Å². The monoisotopic (exact) mass is 742 g/mol. The number of benzene rings is 6. The zero-order chi connectivity index (χ0) is 39.3. The SMILES string of the molecule is CC(C)(C)c1ccnc(-n2c3ccccc3c3ccc(Oc4cccc(-n5[c-][n+](-c6cc(-c7ccccc7)ccc6-c6ccccc6)cc5C(C)(C)C)c4)cc32)c1. The molecule has 0 atom stereocenters. The average Bonchev–Trinajstić information content (AvgIpc) is 3.82. The van der Waals surface area contributed by atoms with Crippen LogP contribution in [0.4, 0.5) is 0 Å². The first-order chi connectivity index (χ1) is 27.5. The number of nitrogens with zero attached hydrogens (tertiary/aromatic N) is 4. The molecule has 6 aromatic carbocycles. The molecule has 0 aliphatic heterocycles. The number of para-hydroxylation sites is 1. The van der Waals surface area contributed by atoms with Crippen LogP contribution in [-0.2, 0) is 10.8 Å². The second kappa shape index (κ2) is 14.1. The van der Waals surface area contributed by atoms with E-state index >= 15 is 0 Å². The van der Waals surface area contributed by atoms with Crippen LogP contribution < -0.4 is 9.30 Å². The van der Waals surface area contributed by atoms with Crippen LogP contribution in [0.3, 0.4) is 0 Å². The van der Waals surface area contributed by atoms with Crippen LogP contribution in [0.2, 0.25) is 0 Å². The second-order valence-electron chi connectivity index (χ2n) is 16.8. The van der Waals surface area contributed by atoms with Crippen LogP contribution in [0.1, 0.15) is 52.8 Å². The van der Waals surface area contributed by atoms with Crippen LogP contribution in [0.25, 0.3) is 61.3 Å².